The molecule has 7 heteroatoms. The minimum atomic E-state index is 0.101. The third-order valence-corrected chi connectivity index (χ3v) is 6.48. The fourth-order valence-electron chi connectivity index (χ4n) is 3.82. The lowest BCUT2D eigenvalue weighted by Crippen LogP contribution is -2.49. The van der Waals surface area contributed by atoms with E-state index < -0.39 is 0 Å². The standard InChI is InChI=1S/C23H29N5OS/c1-17(2)19-5-3-18(4-6-19)7-9-24-21(29)15-27-10-12-28(13-11-27)22-20-8-14-30-23(20)26-16-25-22/h3-6,8,14,16-17H,7,9-13,15H2,1-2H3,(H,24,29). The van der Waals surface area contributed by atoms with Gasteiger partial charge in [0.15, 0.2) is 0 Å². The van der Waals surface area contributed by atoms with Gasteiger partial charge in [-0.15, -0.1) is 11.3 Å². The Morgan fingerprint density at radius 1 is 1.10 bits per heavy atom. The molecule has 2 aromatic heterocycles. The number of aromatic nitrogens is 2. The van der Waals surface area contributed by atoms with Crippen molar-refractivity contribution in [2.24, 2.45) is 0 Å². The van der Waals surface area contributed by atoms with Gasteiger partial charge in [-0.2, -0.15) is 0 Å². The van der Waals surface area contributed by atoms with E-state index in [1.165, 1.54) is 11.1 Å². The molecule has 4 rings (SSSR count). The normalized spacial score (nSPS) is 15.1. The molecule has 0 unspecified atom stereocenters. The number of nitrogens with zero attached hydrogens (tertiary/aromatic N) is 4. The van der Waals surface area contributed by atoms with Crippen molar-refractivity contribution in [3.63, 3.8) is 0 Å². The highest BCUT2D eigenvalue weighted by atomic mass is 32.1. The molecular formula is C23H29N5OS. The molecule has 1 aliphatic heterocycles. The Morgan fingerprint density at radius 2 is 1.87 bits per heavy atom. The number of carbonyl (C=O) groups excluding carboxylic acids is 1. The molecule has 0 bridgehead atoms. The molecule has 158 valence electrons. The number of rotatable bonds is 7. The maximum atomic E-state index is 12.4. The van der Waals surface area contributed by atoms with Crippen molar-refractivity contribution in [2.75, 3.05) is 44.2 Å². The van der Waals surface area contributed by atoms with Crippen molar-refractivity contribution < 1.29 is 4.79 Å². The van der Waals surface area contributed by atoms with Crippen molar-refractivity contribution in [1.29, 1.82) is 0 Å². The van der Waals surface area contributed by atoms with Gasteiger partial charge in [0.1, 0.15) is 17.0 Å². The molecule has 1 N–H and O–H groups in total. The minimum absolute atomic E-state index is 0.101. The summed E-state index contributed by atoms with van der Waals surface area (Å²) >= 11 is 1.64. The summed E-state index contributed by atoms with van der Waals surface area (Å²) < 4.78 is 0. The van der Waals surface area contributed by atoms with Crippen molar-refractivity contribution >= 4 is 33.3 Å². The molecule has 0 atom stereocenters. The van der Waals surface area contributed by atoms with Crippen LogP contribution in [0.15, 0.2) is 42.0 Å². The Labute approximate surface area is 181 Å². The summed E-state index contributed by atoms with van der Waals surface area (Å²) in [5.74, 6) is 1.66. The second kappa shape index (κ2) is 9.53. The van der Waals surface area contributed by atoms with E-state index >= 15 is 0 Å². The topological polar surface area (TPSA) is 61.4 Å². The molecule has 30 heavy (non-hydrogen) atoms. The Bertz CT molecular complexity index is 977. The van der Waals surface area contributed by atoms with Crippen LogP contribution in [-0.4, -0.2) is 60.0 Å². The zero-order valence-electron chi connectivity index (χ0n) is 17.7. The first-order chi connectivity index (χ1) is 14.6. The van der Waals surface area contributed by atoms with Crippen molar-refractivity contribution in [3.05, 3.63) is 53.2 Å². The first-order valence-electron chi connectivity index (χ1n) is 10.6. The molecule has 0 aliphatic carbocycles. The molecule has 0 radical (unpaired) electrons. The van der Waals surface area contributed by atoms with Crippen LogP contribution in [-0.2, 0) is 11.2 Å². The summed E-state index contributed by atoms with van der Waals surface area (Å²) in [6.45, 7) is 9.00. The van der Waals surface area contributed by atoms with Gasteiger partial charge in [0.05, 0.1) is 11.9 Å². The number of benzene rings is 1. The summed E-state index contributed by atoms with van der Waals surface area (Å²) in [7, 11) is 0. The number of nitrogens with one attached hydrogen (secondary N) is 1. The summed E-state index contributed by atoms with van der Waals surface area (Å²) in [4.78, 5) is 26.7. The first-order valence-corrected chi connectivity index (χ1v) is 11.5. The largest absolute Gasteiger partial charge is 0.355 e. The number of carbonyl (C=O) groups is 1. The van der Waals surface area contributed by atoms with Crippen LogP contribution >= 0.6 is 11.3 Å². The highest BCUT2D eigenvalue weighted by molar-refractivity contribution is 7.16. The van der Waals surface area contributed by atoms with Gasteiger partial charge in [0.25, 0.3) is 0 Å². The number of thiophene rings is 1. The molecule has 0 saturated carbocycles. The number of amides is 1. The van der Waals surface area contributed by atoms with Gasteiger partial charge in [0, 0.05) is 32.7 Å². The smallest absolute Gasteiger partial charge is 0.234 e. The van der Waals surface area contributed by atoms with Crippen LogP contribution in [0.2, 0.25) is 0 Å². The van der Waals surface area contributed by atoms with Crippen molar-refractivity contribution in [2.45, 2.75) is 26.2 Å². The Morgan fingerprint density at radius 3 is 2.60 bits per heavy atom. The molecule has 3 aromatic rings. The fraction of sp³-hybridized carbons (Fsp3) is 0.435. The first kappa shape index (κ1) is 20.8. The quantitative estimate of drug-likeness (QED) is 0.632. The Kier molecular flexibility index (Phi) is 6.59. The molecule has 1 fully saturated rings. The van der Waals surface area contributed by atoms with Crippen LogP contribution in [0.1, 0.15) is 30.9 Å². The summed E-state index contributed by atoms with van der Waals surface area (Å²) in [6, 6.07) is 10.8. The second-order valence-electron chi connectivity index (χ2n) is 8.10. The average molecular weight is 424 g/mol. The molecular weight excluding hydrogens is 394 g/mol. The number of hydrogen-bond donors (Lipinski definition) is 1. The van der Waals surface area contributed by atoms with Gasteiger partial charge in [-0.25, -0.2) is 9.97 Å². The van der Waals surface area contributed by atoms with Crippen LogP contribution in [0.5, 0.6) is 0 Å². The highest BCUT2D eigenvalue weighted by Crippen LogP contribution is 2.27. The Balaban J connectivity index is 1.20. The monoisotopic (exact) mass is 423 g/mol. The van der Waals surface area contributed by atoms with E-state index in [2.05, 4.69) is 74.6 Å². The van der Waals surface area contributed by atoms with Gasteiger partial charge < -0.3 is 10.2 Å². The van der Waals surface area contributed by atoms with E-state index in [1.54, 1.807) is 17.7 Å². The SMILES string of the molecule is CC(C)c1ccc(CCNC(=O)CN2CCN(c3ncnc4sccc34)CC2)cc1. The molecule has 6 nitrogen and oxygen atoms in total. The maximum Gasteiger partial charge on any atom is 0.234 e. The van der Waals surface area contributed by atoms with E-state index in [0.717, 1.165) is 48.6 Å². The molecule has 1 saturated heterocycles. The molecule has 3 heterocycles. The number of anilines is 1. The Hall–Kier alpha value is -2.51. The van der Waals surface area contributed by atoms with Crippen LogP contribution in [0.4, 0.5) is 5.82 Å². The lowest BCUT2D eigenvalue weighted by atomic mass is 10.0. The highest BCUT2D eigenvalue weighted by Gasteiger charge is 2.21. The lowest BCUT2D eigenvalue weighted by molar-refractivity contribution is -0.122. The van der Waals surface area contributed by atoms with Crippen LogP contribution in [0, 0.1) is 0 Å². The van der Waals surface area contributed by atoms with E-state index in [-0.39, 0.29) is 5.91 Å². The molecule has 0 spiro atoms. The van der Waals surface area contributed by atoms with Gasteiger partial charge in [-0.3, -0.25) is 9.69 Å². The zero-order chi connectivity index (χ0) is 20.9. The fourth-order valence-corrected chi connectivity index (χ4v) is 4.55. The van der Waals surface area contributed by atoms with E-state index in [9.17, 15) is 4.79 Å². The van der Waals surface area contributed by atoms with Gasteiger partial charge >= 0.3 is 0 Å². The third-order valence-electron chi connectivity index (χ3n) is 5.66. The van der Waals surface area contributed by atoms with Crippen molar-refractivity contribution in [3.8, 4) is 0 Å². The summed E-state index contributed by atoms with van der Waals surface area (Å²) in [6.07, 6.45) is 2.51. The van der Waals surface area contributed by atoms with E-state index in [1.807, 2.05) is 0 Å². The predicted octanol–water partition coefficient (Wildman–Crippen LogP) is 3.30. The number of piperazine rings is 1. The van der Waals surface area contributed by atoms with Crippen LogP contribution in [0.3, 0.4) is 0 Å². The molecule has 1 aliphatic rings. The van der Waals surface area contributed by atoms with Gasteiger partial charge in [-0.05, 0) is 34.9 Å². The number of fused-ring (bicyclic) bond motifs is 1. The minimum Gasteiger partial charge on any atom is -0.355 e. The number of hydrogen-bond acceptors (Lipinski definition) is 6. The molecule has 1 aromatic carbocycles. The lowest BCUT2D eigenvalue weighted by Gasteiger charge is -2.35. The van der Waals surface area contributed by atoms with Crippen LogP contribution in [0.25, 0.3) is 10.2 Å². The van der Waals surface area contributed by atoms with E-state index in [0.29, 0.717) is 19.0 Å². The average Bonchev–Trinajstić information content (AvgIpc) is 3.24. The van der Waals surface area contributed by atoms with Crippen LogP contribution < -0.4 is 10.2 Å². The second-order valence-corrected chi connectivity index (χ2v) is 8.99. The van der Waals surface area contributed by atoms with Crippen molar-refractivity contribution in [1.82, 2.24) is 20.2 Å². The van der Waals surface area contributed by atoms with Gasteiger partial charge in [-0.1, -0.05) is 38.1 Å². The van der Waals surface area contributed by atoms with Gasteiger partial charge in [0.2, 0.25) is 5.91 Å². The molecule has 1 amide bonds. The maximum absolute atomic E-state index is 12.4. The summed E-state index contributed by atoms with van der Waals surface area (Å²) in [5.41, 5.74) is 2.61. The predicted molar refractivity (Wildman–Crippen MR) is 123 cm³/mol. The zero-order valence-corrected chi connectivity index (χ0v) is 18.5. The van der Waals surface area contributed by atoms with E-state index in [4.69, 9.17) is 0 Å². The summed E-state index contributed by atoms with van der Waals surface area (Å²) in [5, 5.41) is 6.24. The third kappa shape index (κ3) is 4.96.